The number of carbonyl (C=O) groups is 2. The van der Waals surface area contributed by atoms with Crippen molar-refractivity contribution in [3.8, 4) is 0 Å². The van der Waals surface area contributed by atoms with Crippen LogP contribution in [0.15, 0.2) is 24.3 Å². The number of piperazine rings is 1. The topological polar surface area (TPSA) is 49.4 Å². The van der Waals surface area contributed by atoms with Crippen LogP contribution >= 0.6 is 11.6 Å². The summed E-state index contributed by atoms with van der Waals surface area (Å²) in [5, 5.41) is 3.43. The molecule has 0 bridgehead atoms. The maximum atomic E-state index is 12.5. The lowest BCUT2D eigenvalue weighted by atomic mass is 9.94. The van der Waals surface area contributed by atoms with Crippen LogP contribution in [0.5, 0.6) is 0 Å². The Hall–Kier alpha value is -1.55. The van der Waals surface area contributed by atoms with Gasteiger partial charge in [-0.3, -0.25) is 9.59 Å². The molecule has 0 saturated carbocycles. The van der Waals surface area contributed by atoms with E-state index in [2.05, 4.69) is 5.32 Å². The van der Waals surface area contributed by atoms with Gasteiger partial charge in [-0.1, -0.05) is 30.7 Å². The Morgan fingerprint density at radius 2 is 1.85 bits per heavy atom. The maximum Gasteiger partial charge on any atom is 0.246 e. The van der Waals surface area contributed by atoms with Gasteiger partial charge in [0.25, 0.3) is 0 Å². The van der Waals surface area contributed by atoms with Crippen LogP contribution < -0.4 is 5.32 Å². The number of nitrogens with one attached hydrogen (secondary N) is 1. The van der Waals surface area contributed by atoms with Crippen LogP contribution in [0.4, 0.5) is 0 Å². The summed E-state index contributed by atoms with van der Waals surface area (Å²) in [7, 11) is 0. The normalized spacial score (nSPS) is 21.8. The van der Waals surface area contributed by atoms with E-state index in [4.69, 9.17) is 11.6 Å². The number of carbonyl (C=O) groups excluding carboxylic acids is 2. The Morgan fingerprint density at radius 3 is 2.40 bits per heavy atom. The fourth-order valence-corrected chi connectivity index (χ4v) is 2.43. The Labute approximate surface area is 124 Å². The smallest absolute Gasteiger partial charge is 0.246 e. The van der Waals surface area contributed by atoms with Crippen molar-refractivity contribution in [3.05, 3.63) is 34.9 Å². The van der Waals surface area contributed by atoms with Crippen molar-refractivity contribution in [2.24, 2.45) is 0 Å². The van der Waals surface area contributed by atoms with Crippen molar-refractivity contribution in [1.82, 2.24) is 10.2 Å². The van der Waals surface area contributed by atoms with E-state index in [1.54, 1.807) is 30.9 Å². The van der Waals surface area contributed by atoms with Crippen molar-refractivity contribution in [2.75, 3.05) is 0 Å². The summed E-state index contributed by atoms with van der Waals surface area (Å²) >= 11 is 5.86. The van der Waals surface area contributed by atoms with Crippen molar-refractivity contribution < 1.29 is 9.59 Å². The molecule has 1 aliphatic heterocycles. The quantitative estimate of drug-likeness (QED) is 0.930. The number of hydrogen-bond donors (Lipinski definition) is 1. The van der Waals surface area contributed by atoms with Gasteiger partial charge in [-0.15, -0.1) is 0 Å². The molecule has 2 amide bonds. The monoisotopic (exact) mass is 294 g/mol. The first-order chi connectivity index (χ1) is 9.36. The van der Waals surface area contributed by atoms with Crippen LogP contribution in [-0.2, 0) is 16.1 Å². The minimum Gasteiger partial charge on any atom is -0.342 e. The third kappa shape index (κ3) is 2.66. The minimum absolute atomic E-state index is 0.0351. The van der Waals surface area contributed by atoms with Gasteiger partial charge in [-0.05, 0) is 38.0 Å². The van der Waals surface area contributed by atoms with Gasteiger partial charge in [0.1, 0.15) is 11.6 Å². The predicted octanol–water partition coefficient (Wildman–Crippen LogP) is 2.36. The molecule has 0 spiro atoms. The van der Waals surface area contributed by atoms with Crippen molar-refractivity contribution in [2.45, 2.75) is 45.3 Å². The molecule has 1 fully saturated rings. The third-order valence-corrected chi connectivity index (χ3v) is 4.01. The zero-order chi connectivity index (χ0) is 14.9. The Kier molecular flexibility index (Phi) is 4.04. The van der Waals surface area contributed by atoms with Crippen LogP contribution in [0.2, 0.25) is 5.02 Å². The standard InChI is InChI=1S/C15H19ClN2O2/c1-4-12-13(19)18(15(2,3)14(20)17-12)9-10-5-7-11(16)8-6-10/h5-8,12H,4,9H2,1-3H3,(H,17,20). The van der Waals surface area contributed by atoms with Crippen molar-refractivity contribution in [3.63, 3.8) is 0 Å². The number of benzene rings is 1. The molecule has 0 aromatic heterocycles. The summed E-state index contributed by atoms with van der Waals surface area (Å²) in [6.45, 7) is 5.83. The average molecular weight is 295 g/mol. The molecule has 1 heterocycles. The minimum atomic E-state index is -0.845. The van der Waals surface area contributed by atoms with E-state index in [0.717, 1.165) is 5.56 Å². The molecule has 1 aromatic carbocycles. The van der Waals surface area contributed by atoms with Gasteiger partial charge in [0.15, 0.2) is 0 Å². The van der Waals surface area contributed by atoms with E-state index in [1.165, 1.54) is 0 Å². The molecule has 4 nitrogen and oxygen atoms in total. The fraction of sp³-hybridized carbons (Fsp3) is 0.467. The molecule has 2 rings (SSSR count). The molecular weight excluding hydrogens is 276 g/mol. The van der Waals surface area contributed by atoms with E-state index in [1.807, 2.05) is 19.1 Å². The lowest BCUT2D eigenvalue weighted by Gasteiger charge is -2.44. The van der Waals surface area contributed by atoms with Crippen molar-refractivity contribution in [1.29, 1.82) is 0 Å². The average Bonchev–Trinajstić information content (AvgIpc) is 2.41. The highest BCUT2D eigenvalue weighted by atomic mass is 35.5. The Balaban J connectivity index is 2.27. The number of halogens is 1. The maximum absolute atomic E-state index is 12.5. The lowest BCUT2D eigenvalue weighted by molar-refractivity contribution is -0.156. The molecule has 5 heteroatoms. The van der Waals surface area contributed by atoms with Gasteiger partial charge in [-0.25, -0.2) is 0 Å². The fourth-order valence-electron chi connectivity index (χ4n) is 2.31. The largest absolute Gasteiger partial charge is 0.342 e. The van der Waals surface area contributed by atoms with Gasteiger partial charge in [-0.2, -0.15) is 0 Å². The van der Waals surface area contributed by atoms with Gasteiger partial charge < -0.3 is 10.2 Å². The van der Waals surface area contributed by atoms with Crippen LogP contribution in [0.3, 0.4) is 0 Å². The van der Waals surface area contributed by atoms with Gasteiger partial charge in [0.05, 0.1) is 0 Å². The predicted molar refractivity (Wildman–Crippen MR) is 78.3 cm³/mol. The third-order valence-electron chi connectivity index (χ3n) is 3.76. The van der Waals surface area contributed by atoms with E-state index >= 15 is 0 Å². The SMILES string of the molecule is CCC1NC(=O)C(C)(C)N(Cc2ccc(Cl)cc2)C1=O. The number of rotatable bonds is 3. The van der Waals surface area contributed by atoms with E-state index in [9.17, 15) is 9.59 Å². The second-order valence-electron chi connectivity index (χ2n) is 5.54. The van der Waals surface area contributed by atoms with E-state index in [0.29, 0.717) is 18.0 Å². The summed E-state index contributed by atoms with van der Waals surface area (Å²) in [5.41, 5.74) is 0.114. The molecule has 20 heavy (non-hydrogen) atoms. The molecular formula is C15H19ClN2O2. The molecule has 1 unspecified atom stereocenters. The molecule has 1 N–H and O–H groups in total. The van der Waals surface area contributed by atoms with Crippen LogP contribution in [-0.4, -0.2) is 28.3 Å². The van der Waals surface area contributed by atoms with Crippen LogP contribution in [0.1, 0.15) is 32.8 Å². The molecule has 1 aliphatic rings. The molecule has 1 atom stereocenters. The molecule has 0 aliphatic carbocycles. The van der Waals surface area contributed by atoms with Gasteiger partial charge in [0.2, 0.25) is 11.8 Å². The number of hydrogen-bond acceptors (Lipinski definition) is 2. The highest BCUT2D eigenvalue weighted by Crippen LogP contribution is 2.25. The zero-order valence-electron chi connectivity index (χ0n) is 11.9. The molecule has 0 radical (unpaired) electrons. The second-order valence-corrected chi connectivity index (χ2v) is 5.98. The van der Waals surface area contributed by atoms with Crippen molar-refractivity contribution >= 4 is 23.4 Å². The number of amides is 2. The van der Waals surface area contributed by atoms with Crippen LogP contribution in [0, 0.1) is 0 Å². The summed E-state index contributed by atoms with van der Waals surface area (Å²) in [6.07, 6.45) is 0.595. The second kappa shape index (κ2) is 5.44. The molecule has 1 aromatic rings. The molecule has 1 saturated heterocycles. The van der Waals surface area contributed by atoms with Crippen LogP contribution in [0.25, 0.3) is 0 Å². The molecule has 108 valence electrons. The van der Waals surface area contributed by atoms with Gasteiger partial charge in [0, 0.05) is 11.6 Å². The van der Waals surface area contributed by atoms with E-state index < -0.39 is 11.6 Å². The van der Waals surface area contributed by atoms with Gasteiger partial charge >= 0.3 is 0 Å². The first-order valence-electron chi connectivity index (χ1n) is 6.73. The summed E-state index contributed by atoms with van der Waals surface area (Å²) < 4.78 is 0. The van der Waals surface area contributed by atoms with E-state index in [-0.39, 0.29) is 11.8 Å². The summed E-state index contributed by atoms with van der Waals surface area (Å²) in [6, 6.07) is 6.90. The first kappa shape index (κ1) is 14.9. The Bertz CT molecular complexity index is 525. The highest BCUT2D eigenvalue weighted by molar-refractivity contribution is 6.30. The lowest BCUT2D eigenvalue weighted by Crippen LogP contribution is -2.67. The first-order valence-corrected chi connectivity index (χ1v) is 7.11. The summed E-state index contributed by atoms with van der Waals surface area (Å²) in [4.78, 5) is 26.3. The zero-order valence-corrected chi connectivity index (χ0v) is 12.7. The Morgan fingerprint density at radius 1 is 1.25 bits per heavy atom. The number of nitrogens with zero attached hydrogens (tertiary/aromatic N) is 1. The summed E-state index contributed by atoms with van der Waals surface area (Å²) in [5.74, 6) is -0.148. The highest BCUT2D eigenvalue weighted by Gasteiger charge is 2.45.